The molecule has 0 aliphatic heterocycles. The van der Waals surface area contributed by atoms with E-state index < -0.39 is 10.0 Å². The zero-order chi connectivity index (χ0) is 18.3. The van der Waals surface area contributed by atoms with E-state index in [0.29, 0.717) is 17.8 Å². The molecule has 0 aliphatic carbocycles. The fourth-order valence-corrected chi connectivity index (χ4v) is 3.61. The van der Waals surface area contributed by atoms with Crippen LogP contribution in [-0.2, 0) is 10.0 Å². The third-order valence-electron chi connectivity index (χ3n) is 3.58. The van der Waals surface area contributed by atoms with Crippen LogP contribution in [0.5, 0.6) is 0 Å². The second-order valence-electron chi connectivity index (χ2n) is 5.47. The van der Waals surface area contributed by atoms with Crippen molar-refractivity contribution in [3.05, 3.63) is 54.1 Å². The molecule has 0 saturated heterocycles. The van der Waals surface area contributed by atoms with Crippen LogP contribution >= 0.6 is 11.8 Å². The van der Waals surface area contributed by atoms with Gasteiger partial charge in [0.05, 0.1) is 4.90 Å². The average Bonchev–Trinajstić information content (AvgIpc) is 2.62. The topological polar surface area (TPSA) is 75.3 Å². The molecule has 2 aromatic carbocycles. The molecule has 2 aromatic rings. The maximum absolute atomic E-state index is 12.4. The van der Waals surface area contributed by atoms with Gasteiger partial charge in [-0.3, -0.25) is 9.52 Å². The van der Waals surface area contributed by atoms with E-state index >= 15 is 0 Å². The number of hydrogen-bond donors (Lipinski definition) is 2. The van der Waals surface area contributed by atoms with Crippen molar-refractivity contribution in [2.24, 2.45) is 0 Å². The summed E-state index contributed by atoms with van der Waals surface area (Å²) in [6.07, 6.45) is 3.87. The van der Waals surface area contributed by atoms with Gasteiger partial charge in [0.2, 0.25) is 0 Å². The Morgan fingerprint density at radius 2 is 1.68 bits per heavy atom. The summed E-state index contributed by atoms with van der Waals surface area (Å²) < 4.78 is 27.3. The number of anilines is 1. The molecule has 1 amide bonds. The second-order valence-corrected chi connectivity index (χ2v) is 8.03. The first-order chi connectivity index (χ1) is 12.0. The van der Waals surface area contributed by atoms with Crippen LogP contribution in [0, 0.1) is 0 Å². The standard InChI is InChI=1S/C18H22N2O3S2/c1-3-4-13-19-18(21)14-5-7-15(8-6-14)20-25(22,23)17-11-9-16(24-2)10-12-17/h5-12,20H,3-4,13H2,1-2H3,(H,19,21). The Morgan fingerprint density at radius 1 is 1.04 bits per heavy atom. The van der Waals surface area contributed by atoms with Gasteiger partial charge in [0.15, 0.2) is 0 Å². The summed E-state index contributed by atoms with van der Waals surface area (Å²) in [5, 5.41) is 2.82. The van der Waals surface area contributed by atoms with Gasteiger partial charge in [-0.05, 0) is 61.2 Å². The molecule has 0 radical (unpaired) electrons. The molecule has 5 nitrogen and oxygen atoms in total. The molecular formula is C18H22N2O3S2. The van der Waals surface area contributed by atoms with Gasteiger partial charge in [-0.2, -0.15) is 0 Å². The van der Waals surface area contributed by atoms with Crippen LogP contribution in [0.1, 0.15) is 30.1 Å². The van der Waals surface area contributed by atoms with E-state index in [2.05, 4.69) is 17.0 Å². The smallest absolute Gasteiger partial charge is 0.261 e. The third-order valence-corrected chi connectivity index (χ3v) is 5.73. The predicted octanol–water partition coefficient (Wildman–Crippen LogP) is 3.74. The number of unbranched alkanes of at least 4 members (excludes halogenated alkanes) is 1. The molecule has 0 aromatic heterocycles. The van der Waals surface area contributed by atoms with Gasteiger partial charge in [-0.1, -0.05) is 13.3 Å². The number of rotatable bonds is 8. The van der Waals surface area contributed by atoms with E-state index in [4.69, 9.17) is 0 Å². The zero-order valence-corrected chi connectivity index (χ0v) is 15.9. The monoisotopic (exact) mass is 378 g/mol. The van der Waals surface area contributed by atoms with Crippen molar-refractivity contribution in [3.63, 3.8) is 0 Å². The Labute approximate surface area is 153 Å². The first kappa shape index (κ1) is 19.3. The lowest BCUT2D eigenvalue weighted by atomic mass is 10.2. The van der Waals surface area contributed by atoms with Crippen molar-refractivity contribution < 1.29 is 13.2 Å². The summed E-state index contributed by atoms with van der Waals surface area (Å²) in [4.78, 5) is 13.1. The summed E-state index contributed by atoms with van der Waals surface area (Å²) in [5.41, 5.74) is 0.919. The number of hydrogen-bond acceptors (Lipinski definition) is 4. The first-order valence-corrected chi connectivity index (χ1v) is 10.7. The van der Waals surface area contributed by atoms with Crippen molar-refractivity contribution in [1.29, 1.82) is 0 Å². The Hall–Kier alpha value is -1.99. The van der Waals surface area contributed by atoms with E-state index in [1.54, 1.807) is 60.3 Å². The SMILES string of the molecule is CCCCNC(=O)c1ccc(NS(=O)(=O)c2ccc(SC)cc2)cc1. The van der Waals surface area contributed by atoms with Gasteiger partial charge >= 0.3 is 0 Å². The number of nitrogens with one attached hydrogen (secondary N) is 2. The predicted molar refractivity (Wildman–Crippen MR) is 103 cm³/mol. The molecule has 134 valence electrons. The number of carbonyl (C=O) groups excluding carboxylic acids is 1. The molecule has 0 saturated carbocycles. The number of thioether (sulfide) groups is 1. The molecule has 0 bridgehead atoms. The van der Waals surface area contributed by atoms with E-state index in [1.807, 2.05) is 6.26 Å². The maximum atomic E-state index is 12.4. The van der Waals surface area contributed by atoms with Gasteiger partial charge in [0.25, 0.3) is 15.9 Å². The largest absolute Gasteiger partial charge is 0.352 e. The highest BCUT2D eigenvalue weighted by Gasteiger charge is 2.14. The summed E-state index contributed by atoms with van der Waals surface area (Å²) in [6.45, 7) is 2.69. The van der Waals surface area contributed by atoms with Gasteiger partial charge < -0.3 is 5.32 Å². The van der Waals surface area contributed by atoms with E-state index in [9.17, 15) is 13.2 Å². The molecule has 0 heterocycles. The summed E-state index contributed by atoms with van der Waals surface area (Å²) in [6, 6.07) is 13.1. The highest BCUT2D eigenvalue weighted by Crippen LogP contribution is 2.20. The van der Waals surface area contributed by atoms with Crippen LogP contribution in [0.15, 0.2) is 58.3 Å². The number of carbonyl (C=O) groups is 1. The number of sulfonamides is 1. The second kappa shape index (κ2) is 8.92. The number of amides is 1. The number of benzene rings is 2. The molecule has 0 fully saturated rings. The van der Waals surface area contributed by atoms with Crippen molar-refractivity contribution >= 4 is 33.4 Å². The Morgan fingerprint density at radius 3 is 2.24 bits per heavy atom. The Kier molecular flexibility index (Phi) is 6.90. The van der Waals surface area contributed by atoms with Crippen LogP contribution in [0.2, 0.25) is 0 Å². The van der Waals surface area contributed by atoms with Crippen molar-refractivity contribution in [3.8, 4) is 0 Å². The fourth-order valence-electron chi connectivity index (χ4n) is 2.14. The molecule has 0 aliphatic rings. The van der Waals surface area contributed by atoms with Gasteiger partial charge in [0.1, 0.15) is 0 Å². The normalized spacial score (nSPS) is 11.1. The highest BCUT2D eigenvalue weighted by atomic mass is 32.2. The fraction of sp³-hybridized carbons (Fsp3) is 0.278. The third kappa shape index (κ3) is 5.51. The molecular weight excluding hydrogens is 356 g/mol. The molecule has 25 heavy (non-hydrogen) atoms. The van der Waals surface area contributed by atoms with Crippen LogP contribution < -0.4 is 10.0 Å². The molecule has 0 spiro atoms. The van der Waals surface area contributed by atoms with Gasteiger partial charge in [-0.15, -0.1) is 11.8 Å². The van der Waals surface area contributed by atoms with Gasteiger partial charge in [-0.25, -0.2) is 8.42 Å². The molecule has 2 rings (SSSR count). The van der Waals surface area contributed by atoms with Gasteiger partial charge in [0, 0.05) is 22.7 Å². The maximum Gasteiger partial charge on any atom is 0.261 e. The minimum atomic E-state index is -3.65. The summed E-state index contributed by atoms with van der Waals surface area (Å²) in [5.74, 6) is -0.157. The van der Waals surface area contributed by atoms with E-state index in [0.717, 1.165) is 17.7 Å². The lowest BCUT2D eigenvalue weighted by molar-refractivity contribution is 0.0953. The average molecular weight is 379 g/mol. The van der Waals surface area contributed by atoms with Crippen molar-refractivity contribution in [1.82, 2.24) is 5.32 Å². The van der Waals surface area contributed by atoms with Crippen molar-refractivity contribution in [2.75, 3.05) is 17.5 Å². The highest BCUT2D eigenvalue weighted by molar-refractivity contribution is 7.98. The quantitative estimate of drug-likeness (QED) is 0.542. The minimum absolute atomic E-state index is 0.157. The van der Waals surface area contributed by atoms with Crippen LogP contribution in [-0.4, -0.2) is 27.1 Å². The molecule has 0 atom stereocenters. The Bertz CT molecular complexity index is 801. The van der Waals surface area contributed by atoms with Crippen LogP contribution in [0.3, 0.4) is 0 Å². The van der Waals surface area contributed by atoms with Crippen LogP contribution in [0.4, 0.5) is 5.69 Å². The molecule has 2 N–H and O–H groups in total. The first-order valence-electron chi connectivity index (χ1n) is 8.01. The van der Waals surface area contributed by atoms with E-state index in [-0.39, 0.29) is 10.8 Å². The van der Waals surface area contributed by atoms with E-state index in [1.165, 1.54) is 0 Å². The summed E-state index contributed by atoms with van der Waals surface area (Å²) in [7, 11) is -3.65. The summed E-state index contributed by atoms with van der Waals surface area (Å²) >= 11 is 1.55. The molecule has 7 heteroatoms. The minimum Gasteiger partial charge on any atom is -0.352 e. The lowest BCUT2D eigenvalue weighted by Gasteiger charge is -2.09. The van der Waals surface area contributed by atoms with Crippen LogP contribution in [0.25, 0.3) is 0 Å². The Balaban J connectivity index is 2.05. The zero-order valence-electron chi connectivity index (χ0n) is 14.3. The van der Waals surface area contributed by atoms with Crippen molar-refractivity contribution in [2.45, 2.75) is 29.6 Å². The molecule has 0 unspecified atom stereocenters. The lowest BCUT2D eigenvalue weighted by Crippen LogP contribution is -2.24.